The van der Waals surface area contributed by atoms with Gasteiger partial charge in [-0.15, -0.1) is 0 Å². The Balaban J connectivity index is 2.29. The monoisotopic (exact) mass is 364 g/mol. The van der Waals surface area contributed by atoms with Gasteiger partial charge in [-0.2, -0.15) is 13.2 Å². The minimum absolute atomic E-state index is 0.292. The maximum Gasteiger partial charge on any atom is 0.416 e. The normalized spacial score (nSPS) is 20.7. The van der Waals surface area contributed by atoms with Crippen molar-refractivity contribution in [3.8, 4) is 0 Å². The van der Waals surface area contributed by atoms with Gasteiger partial charge in [0.25, 0.3) is 0 Å². The summed E-state index contributed by atoms with van der Waals surface area (Å²) in [6.07, 6.45) is -3.39. The van der Waals surface area contributed by atoms with E-state index < -0.39 is 11.7 Å². The molecule has 1 N–H and O–H groups in total. The molecule has 1 fully saturated rings. The molecule has 1 heterocycles. The highest BCUT2D eigenvalue weighted by atomic mass is 79.9. The van der Waals surface area contributed by atoms with Gasteiger partial charge in [-0.3, -0.25) is 0 Å². The van der Waals surface area contributed by atoms with Crippen LogP contribution in [-0.2, 0) is 6.18 Å². The van der Waals surface area contributed by atoms with Gasteiger partial charge in [0.15, 0.2) is 0 Å². The molecule has 1 aromatic carbocycles. The molecule has 0 amide bonds. The van der Waals surface area contributed by atoms with Gasteiger partial charge >= 0.3 is 6.18 Å². The topological polar surface area (TPSA) is 15.3 Å². The molecular formula is C15H20BrF3N2. The van der Waals surface area contributed by atoms with Crippen molar-refractivity contribution in [3.05, 3.63) is 28.2 Å². The van der Waals surface area contributed by atoms with Gasteiger partial charge < -0.3 is 10.2 Å². The summed E-state index contributed by atoms with van der Waals surface area (Å²) in [5.41, 5.74) is 0.0243. The Hall–Kier alpha value is -0.750. The van der Waals surface area contributed by atoms with Crippen LogP contribution in [0.15, 0.2) is 22.7 Å². The van der Waals surface area contributed by atoms with Crippen molar-refractivity contribution in [2.24, 2.45) is 5.92 Å². The molecule has 2 rings (SSSR count). The lowest BCUT2D eigenvalue weighted by atomic mass is 10.0. The standard InChI is InChI=1S/C15H20BrF3N2/c1-10(2)14-9-21(5-3-4-20-14)13-7-11(15(17,18)19)6-12(16)8-13/h6-8,10,14,20H,3-5,9H2,1-2H3. The van der Waals surface area contributed by atoms with E-state index in [0.717, 1.165) is 32.1 Å². The third-order valence-corrected chi connectivity index (χ3v) is 4.27. The molecule has 6 heteroatoms. The predicted molar refractivity (Wildman–Crippen MR) is 82.6 cm³/mol. The lowest BCUT2D eigenvalue weighted by molar-refractivity contribution is -0.137. The van der Waals surface area contributed by atoms with Crippen LogP contribution in [0.1, 0.15) is 25.8 Å². The van der Waals surface area contributed by atoms with E-state index in [9.17, 15) is 13.2 Å². The molecule has 0 spiro atoms. The lowest BCUT2D eigenvalue weighted by Crippen LogP contribution is -2.41. The quantitative estimate of drug-likeness (QED) is 0.841. The van der Waals surface area contributed by atoms with Crippen LogP contribution >= 0.6 is 15.9 Å². The molecular weight excluding hydrogens is 345 g/mol. The molecule has 0 saturated carbocycles. The highest BCUT2D eigenvalue weighted by Crippen LogP contribution is 2.34. The molecule has 118 valence electrons. The second-order valence-electron chi connectivity index (χ2n) is 5.80. The van der Waals surface area contributed by atoms with E-state index in [1.807, 2.05) is 4.90 Å². The molecule has 0 radical (unpaired) electrons. The van der Waals surface area contributed by atoms with Gasteiger partial charge in [0.05, 0.1) is 5.56 Å². The van der Waals surface area contributed by atoms with Crippen molar-refractivity contribution in [2.45, 2.75) is 32.5 Å². The zero-order valence-electron chi connectivity index (χ0n) is 12.2. The second kappa shape index (κ2) is 6.57. The molecule has 21 heavy (non-hydrogen) atoms. The average Bonchev–Trinajstić information content (AvgIpc) is 2.62. The first-order valence-corrected chi connectivity index (χ1v) is 7.93. The van der Waals surface area contributed by atoms with Gasteiger partial charge in [0.2, 0.25) is 0 Å². The van der Waals surface area contributed by atoms with Crippen LogP contribution in [0.3, 0.4) is 0 Å². The van der Waals surface area contributed by atoms with Crippen molar-refractivity contribution in [1.82, 2.24) is 5.32 Å². The zero-order chi connectivity index (χ0) is 15.6. The van der Waals surface area contributed by atoms with Crippen molar-refractivity contribution in [2.75, 3.05) is 24.5 Å². The number of nitrogens with zero attached hydrogens (tertiary/aromatic N) is 1. The van der Waals surface area contributed by atoms with E-state index in [2.05, 4.69) is 35.1 Å². The Bertz CT molecular complexity index is 488. The first-order valence-electron chi connectivity index (χ1n) is 7.13. The van der Waals surface area contributed by atoms with Crippen LogP contribution in [0.5, 0.6) is 0 Å². The zero-order valence-corrected chi connectivity index (χ0v) is 13.8. The fourth-order valence-corrected chi connectivity index (χ4v) is 3.03. The third-order valence-electron chi connectivity index (χ3n) is 3.81. The molecule has 0 aliphatic carbocycles. The smallest absolute Gasteiger partial charge is 0.370 e. The average molecular weight is 365 g/mol. The second-order valence-corrected chi connectivity index (χ2v) is 6.72. The fraction of sp³-hybridized carbons (Fsp3) is 0.600. The summed E-state index contributed by atoms with van der Waals surface area (Å²) in [7, 11) is 0. The van der Waals surface area contributed by atoms with Crippen LogP contribution in [-0.4, -0.2) is 25.7 Å². The number of rotatable bonds is 2. The maximum absolute atomic E-state index is 12.9. The van der Waals surface area contributed by atoms with Crippen molar-refractivity contribution in [1.29, 1.82) is 0 Å². The Morgan fingerprint density at radius 3 is 2.62 bits per heavy atom. The van der Waals surface area contributed by atoms with Crippen LogP contribution in [0.2, 0.25) is 0 Å². The van der Waals surface area contributed by atoms with Gasteiger partial charge in [-0.1, -0.05) is 29.8 Å². The van der Waals surface area contributed by atoms with Gasteiger partial charge in [-0.05, 0) is 37.1 Å². The summed E-state index contributed by atoms with van der Waals surface area (Å²) >= 11 is 3.19. The van der Waals surface area contributed by atoms with E-state index >= 15 is 0 Å². The Morgan fingerprint density at radius 2 is 2.00 bits per heavy atom. The highest BCUT2D eigenvalue weighted by molar-refractivity contribution is 9.10. The number of anilines is 1. The number of nitrogens with one attached hydrogen (secondary N) is 1. The van der Waals surface area contributed by atoms with Crippen LogP contribution in [0.25, 0.3) is 0 Å². The largest absolute Gasteiger partial charge is 0.416 e. The summed E-state index contributed by atoms with van der Waals surface area (Å²) in [5.74, 6) is 0.444. The van der Waals surface area contributed by atoms with E-state index in [0.29, 0.717) is 22.1 Å². The SMILES string of the molecule is CC(C)C1CN(c2cc(Br)cc(C(F)(F)F)c2)CCCN1. The van der Waals surface area contributed by atoms with Gasteiger partial charge in [-0.25, -0.2) is 0 Å². The molecule has 2 nitrogen and oxygen atoms in total. The minimum Gasteiger partial charge on any atom is -0.370 e. The Kier molecular flexibility index (Phi) is 5.20. The molecule has 0 bridgehead atoms. The number of hydrogen-bond acceptors (Lipinski definition) is 2. The fourth-order valence-electron chi connectivity index (χ4n) is 2.55. The first kappa shape index (κ1) is 16.6. The number of alkyl halides is 3. The Labute approximate surface area is 131 Å². The summed E-state index contributed by atoms with van der Waals surface area (Å²) in [6, 6.07) is 4.42. The molecule has 1 aliphatic rings. The molecule has 1 saturated heterocycles. The molecule has 1 atom stereocenters. The van der Waals surface area contributed by atoms with E-state index in [1.54, 1.807) is 6.07 Å². The van der Waals surface area contributed by atoms with Gasteiger partial charge in [0, 0.05) is 29.3 Å². The molecule has 1 unspecified atom stereocenters. The molecule has 1 aromatic rings. The number of hydrogen-bond donors (Lipinski definition) is 1. The maximum atomic E-state index is 12.9. The van der Waals surface area contributed by atoms with E-state index in [4.69, 9.17) is 0 Å². The van der Waals surface area contributed by atoms with Crippen LogP contribution in [0, 0.1) is 5.92 Å². The highest BCUT2D eigenvalue weighted by Gasteiger charge is 2.32. The number of benzene rings is 1. The third kappa shape index (κ3) is 4.36. The van der Waals surface area contributed by atoms with Crippen molar-refractivity contribution >= 4 is 21.6 Å². The van der Waals surface area contributed by atoms with E-state index in [-0.39, 0.29) is 0 Å². The summed E-state index contributed by atoms with van der Waals surface area (Å²) < 4.78 is 39.3. The van der Waals surface area contributed by atoms with Gasteiger partial charge in [0.1, 0.15) is 0 Å². The van der Waals surface area contributed by atoms with Crippen molar-refractivity contribution in [3.63, 3.8) is 0 Å². The van der Waals surface area contributed by atoms with E-state index in [1.165, 1.54) is 6.07 Å². The predicted octanol–water partition coefficient (Wildman–Crippen LogP) is 4.29. The number of halogens is 4. The summed E-state index contributed by atoms with van der Waals surface area (Å²) in [4.78, 5) is 2.05. The van der Waals surface area contributed by atoms with Crippen LogP contribution < -0.4 is 10.2 Å². The lowest BCUT2D eigenvalue weighted by Gasteiger charge is -2.29. The van der Waals surface area contributed by atoms with Crippen LogP contribution in [0.4, 0.5) is 18.9 Å². The Morgan fingerprint density at radius 1 is 1.29 bits per heavy atom. The van der Waals surface area contributed by atoms with Crippen molar-refractivity contribution < 1.29 is 13.2 Å². The summed E-state index contributed by atoms with van der Waals surface area (Å²) in [5, 5.41) is 3.46. The first-order chi connectivity index (χ1) is 9.77. The molecule has 1 aliphatic heterocycles. The summed E-state index contributed by atoms with van der Waals surface area (Å²) in [6.45, 7) is 6.65. The minimum atomic E-state index is -4.32. The molecule has 0 aromatic heterocycles.